The van der Waals surface area contributed by atoms with Crippen molar-refractivity contribution >= 4 is 5.95 Å². The van der Waals surface area contributed by atoms with Crippen LogP contribution in [0.4, 0.5) is 14.7 Å². The predicted molar refractivity (Wildman–Crippen MR) is 70.5 cm³/mol. The number of nitrogens with one attached hydrogen (secondary N) is 1. The van der Waals surface area contributed by atoms with Crippen LogP contribution < -0.4 is 10.1 Å². The van der Waals surface area contributed by atoms with Crippen molar-refractivity contribution in [2.75, 3.05) is 19.0 Å². The van der Waals surface area contributed by atoms with E-state index in [4.69, 9.17) is 4.74 Å². The molecule has 7 heteroatoms. The van der Waals surface area contributed by atoms with Gasteiger partial charge in [0.15, 0.2) is 5.82 Å². The third kappa shape index (κ3) is 3.17. The van der Waals surface area contributed by atoms with E-state index in [9.17, 15) is 8.78 Å². The number of aromatic nitrogens is 3. The molecule has 0 unspecified atom stereocenters. The lowest BCUT2D eigenvalue weighted by Gasteiger charge is -2.08. The number of ether oxygens (including phenoxy) is 1. The summed E-state index contributed by atoms with van der Waals surface area (Å²) in [5.41, 5.74) is 0.0895. The van der Waals surface area contributed by atoms with E-state index in [0.29, 0.717) is 6.54 Å². The molecule has 20 heavy (non-hydrogen) atoms. The van der Waals surface area contributed by atoms with Crippen LogP contribution in [0.2, 0.25) is 0 Å². The molecule has 5 nitrogen and oxygen atoms in total. The first-order chi connectivity index (χ1) is 9.63. The molecule has 1 heterocycles. The first-order valence-electron chi connectivity index (χ1n) is 6.13. The van der Waals surface area contributed by atoms with Gasteiger partial charge >= 0.3 is 6.01 Å². The largest absolute Gasteiger partial charge is 0.467 e. The molecule has 2 aromatic rings. The van der Waals surface area contributed by atoms with Gasteiger partial charge in [0, 0.05) is 12.6 Å². The Morgan fingerprint density at radius 2 is 2.00 bits per heavy atom. The highest BCUT2D eigenvalue weighted by Gasteiger charge is 2.13. The molecule has 0 fully saturated rings. The normalized spacial score (nSPS) is 10.4. The van der Waals surface area contributed by atoms with Crippen LogP contribution in [0, 0.1) is 11.6 Å². The molecule has 0 saturated carbocycles. The second kappa shape index (κ2) is 6.23. The summed E-state index contributed by atoms with van der Waals surface area (Å²) in [6, 6.07) is 3.28. The number of benzene rings is 1. The van der Waals surface area contributed by atoms with Crippen molar-refractivity contribution < 1.29 is 13.5 Å². The maximum Gasteiger partial charge on any atom is 0.321 e. The van der Waals surface area contributed by atoms with Gasteiger partial charge in [-0.25, -0.2) is 8.78 Å². The molecule has 0 bridgehead atoms. The molecule has 0 saturated heterocycles. The van der Waals surface area contributed by atoms with E-state index >= 15 is 0 Å². The lowest BCUT2D eigenvalue weighted by atomic mass is 10.2. The fraction of sp³-hybridized carbons (Fsp3) is 0.308. The molecule has 106 valence electrons. The van der Waals surface area contributed by atoms with Crippen LogP contribution in [0.25, 0.3) is 11.4 Å². The Morgan fingerprint density at radius 3 is 2.65 bits per heavy atom. The van der Waals surface area contributed by atoms with Gasteiger partial charge < -0.3 is 10.1 Å². The number of anilines is 1. The third-order valence-corrected chi connectivity index (χ3v) is 2.50. The Kier molecular flexibility index (Phi) is 4.39. The summed E-state index contributed by atoms with van der Waals surface area (Å²) in [6.07, 6.45) is 0.883. The van der Waals surface area contributed by atoms with E-state index in [0.717, 1.165) is 18.6 Å². The molecule has 0 aliphatic heterocycles. The molecule has 0 aliphatic carbocycles. The van der Waals surface area contributed by atoms with Crippen molar-refractivity contribution in [2.24, 2.45) is 0 Å². The van der Waals surface area contributed by atoms with Crippen molar-refractivity contribution in [1.82, 2.24) is 15.0 Å². The summed E-state index contributed by atoms with van der Waals surface area (Å²) in [5.74, 6) is -1.01. The van der Waals surface area contributed by atoms with Crippen molar-refractivity contribution in [1.29, 1.82) is 0 Å². The standard InChI is InChI=1S/C13H14F2N4O/c1-3-6-16-12-17-11(18-13(19-12)20-2)9-5-4-8(14)7-10(9)15/h4-5,7H,3,6H2,1-2H3,(H,16,17,18,19). The van der Waals surface area contributed by atoms with Gasteiger partial charge in [-0.15, -0.1) is 0 Å². The minimum atomic E-state index is -0.736. The molecule has 1 N–H and O–H groups in total. The molecule has 0 spiro atoms. The maximum atomic E-state index is 13.8. The average molecular weight is 280 g/mol. The minimum absolute atomic E-state index is 0.0670. The van der Waals surface area contributed by atoms with Crippen molar-refractivity contribution in [3.8, 4) is 17.4 Å². The second-order valence-corrected chi connectivity index (χ2v) is 4.02. The van der Waals surface area contributed by atoms with Gasteiger partial charge in [0.25, 0.3) is 0 Å². The summed E-state index contributed by atoms with van der Waals surface area (Å²) in [5, 5.41) is 2.97. The smallest absolute Gasteiger partial charge is 0.321 e. The first kappa shape index (κ1) is 14.1. The SMILES string of the molecule is CCCNc1nc(OC)nc(-c2ccc(F)cc2F)n1. The Morgan fingerprint density at radius 1 is 1.20 bits per heavy atom. The fourth-order valence-electron chi connectivity index (χ4n) is 1.55. The van der Waals surface area contributed by atoms with Crippen LogP contribution in [0.1, 0.15) is 13.3 Å². The van der Waals surface area contributed by atoms with E-state index in [1.54, 1.807) is 0 Å². The van der Waals surface area contributed by atoms with Crippen LogP contribution in [0.15, 0.2) is 18.2 Å². The summed E-state index contributed by atoms with van der Waals surface area (Å²) >= 11 is 0. The summed E-state index contributed by atoms with van der Waals surface area (Å²) in [7, 11) is 1.41. The fourth-order valence-corrected chi connectivity index (χ4v) is 1.55. The zero-order valence-electron chi connectivity index (χ0n) is 11.2. The number of methoxy groups -OCH3 is 1. The van der Waals surface area contributed by atoms with Crippen molar-refractivity contribution in [3.63, 3.8) is 0 Å². The molecule has 0 atom stereocenters. The highest BCUT2D eigenvalue weighted by Crippen LogP contribution is 2.22. The molecule has 2 rings (SSSR count). The monoisotopic (exact) mass is 280 g/mol. The number of hydrogen-bond donors (Lipinski definition) is 1. The Balaban J connectivity index is 2.44. The predicted octanol–water partition coefficient (Wildman–Crippen LogP) is 2.65. The average Bonchev–Trinajstić information content (AvgIpc) is 2.44. The molecule has 0 amide bonds. The zero-order chi connectivity index (χ0) is 14.5. The summed E-state index contributed by atoms with van der Waals surface area (Å²) in [6.45, 7) is 2.66. The van der Waals surface area contributed by atoms with Gasteiger partial charge in [-0.05, 0) is 18.6 Å². The van der Waals surface area contributed by atoms with E-state index in [1.807, 2.05) is 6.92 Å². The van der Waals surface area contributed by atoms with Crippen LogP contribution in [0.3, 0.4) is 0 Å². The second-order valence-electron chi connectivity index (χ2n) is 4.02. The summed E-state index contributed by atoms with van der Waals surface area (Å²) in [4.78, 5) is 12.1. The van der Waals surface area contributed by atoms with Crippen LogP contribution in [-0.2, 0) is 0 Å². The van der Waals surface area contributed by atoms with E-state index in [-0.39, 0.29) is 23.3 Å². The lowest BCUT2D eigenvalue weighted by molar-refractivity contribution is 0.379. The Labute approximate surface area is 115 Å². The Bertz CT molecular complexity index is 607. The maximum absolute atomic E-state index is 13.8. The molecule has 0 radical (unpaired) electrons. The number of nitrogens with zero attached hydrogens (tertiary/aromatic N) is 3. The van der Waals surface area contributed by atoms with Crippen LogP contribution in [0.5, 0.6) is 6.01 Å². The van der Waals surface area contributed by atoms with Crippen molar-refractivity contribution in [2.45, 2.75) is 13.3 Å². The van der Waals surface area contributed by atoms with Gasteiger partial charge in [-0.3, -0.25) is 0 Å². The van der Waals surface area contributed by atoms with Crippen LogP contribution in [-0.4, -0.2) is 28.6 Å². The molecular weight excluding hydrogens is 266 g/mol. The lowest BCUT2D eigenvalue weighted by Crippen LogP contribution is -2.08. The Hall–Kier alpha value is -2.31. The van der Waals surface area contributed by atoms with Gasteiger partial charge in [0.2, 0.25) is 5.95 Å². The highest BCUT2D eigenvalue weighted by atomic mass is 19.1. The number of hydrogen-bond acceptors (Lipinski definition) is 5. The zero-order valence-corrected chi connectivity index (χ0v) is 11.2. The molecule has 1 aromatic heterocycles. The molecular formula is C13H14F2N4O. The van der Waals surface area contributed by atoms with Gasteiger partial charge in [0.1, 0.15) is 11.6 Å². The minimum Gasteiger partial charge on any atom is -0.467 e. The molecule has 1 aromatic carbocycles. The topological polar surface area (TPSA) is 59.9 Å². The van der Waals surface area contributed by atoms with Crippen LogP contribution >= 0.6 is 0 Å². The van der Waals surface area contributed by atoms with Gasteiger partial charge in [-0.1, -0.05) is 6.92 Å². The van der Waals surface area contributed by atoms with Gasteiger partial charge in [-0.2, -0.15) is 15.0 Å². The van der Waals surface area contributed by atoms with E-state index in [2.05, 4.69) is 20.3 Å². The van der Waals surface area contributed by atoms with E-state index in [1.165, 1.54) is 13.2 Å². The van der Waals surface area contributed by atoms with Gasteiger partial charge in [0.05, 0.1) is 12.7 Å². The summed E-state index contributed by atoms with van der Waals surface area (Å²) < 4.78 is 31.6. The highest BCUT2D eigenvalue weighted by molar-refractivity contribution is 5.57. The quantitative estimate of drug-likeness (QED) is 0.912. The third-order valence-electron chi connectivity index (χ3n) is 2.50. The number of rotatable bonds is 5. The first-order valence-corrected chi connectivity index (χ1v) is 6.13. The van der Waals surface area contributed by atoms with Crippen molar-refractivity contribution in [3.05, 3.63) is 29.8 Å². The molecule has 0 aliphatic rings. The number of halogens is 2. The van der Waals surface area contributed by atoms with E-state index < -0.39 is 11.6 Å².